The molecule has 104 valence electrons. The Bertz CT molecular complexity index is 444. The van der Waals surface area contributed by atoms with Crippen molar-refractivity contribution in [1.29, 1.82) is 0 Å². The molecule has 0 saturated heterocycles. The van der Waals surface area contributed by atoms with Crippen LogP contribution in [0.1, 0.15) is 31.4 Å². The van der Waals surface area contributed by atoms with Gasteiger partial charge in [-0.15, -0.1) is 0 Å². The number of hydrogen-bond donors (Lipinski definition) is 2. The van der Waals surface area contributed by atoms with Gasteiger partial charge >= 0.3 is 6.09 Å². The van der Waals surface area contributed by atoms with Gasteiger partial charge in [0, 0.05) is 18.8 Å². The fourth-order valence-electron chi connectivity index (χ4n) is 2.34. The number of para-hydroxylation sites is 1. The highest BCUT2D eigenvalue weighted by Crippen LogP contribution is 2.26. The average molecular weight is 262 g/mol. The first-order chi connectivity index (χ1) is 9.16. The van der Waals surface area contributed by atoms with Crippen molar-refractivity contribution < 1.29 is 9.53 Å². The molecule has 0 saturated carbocycles. The van der Waals surface area contributed by atoms with E-state index in [1.54, 1.807) is 0 Å². The van der Waals surface area contributed by atoms with Crippen LogP contribution in [0.4, 0.5) is 10.5 Å². The minimum Gasteiger partial charge on any atom is -0.447 e. The summed E-state index contributed by atoms with van der Waals surface area (Å²) in [5.41, 5.74) is 3.91. The van der Waals surface area contributed by atoms with Crippen LogP contribution in [0.5, 0.6) is 0 Å². The Labute approximate surface area is 114 Å². The number of fused-ring (bicyclic) bond motifs is 1. The number of amides is 1. The maximum absolute atomic E-state index is 11.4. The number of carbonyl (C=O) groups excluding carboxylic acids is 1. The van der Waals surface area contributed by atoms with Crippen molar-refractivity contribution in [2.45, 2.75) is 39.2 Å². The molecule has 0 unspecified atom stereocenters. The first-order valence-corrected chi connectivity index (χ1v) is 6.96. The molecule has 2 N–H and O–H groups in total. The standard InChI is InChI=1S/C15H22N2O2/c1-11(2)19-15(18)17-10-8-13-6-3-5-12-7-4-9-16-14(12)13/h3,5-6,11,16H,4,7-10H2,1-2H3,(H,17,18). The van der Waals surface area contributed by atoms with Crippen molar-refractivity contribution in [3.8, 4) is 0 Å². The highest BCUT2D eigenvalue weighted by Gasteiger charge is 2.12. The van der Waals surface area contributed by atoms with Crippen molar-refractivity contribution in [2.75, 3.05) is 18.4 Å². The molecule has 1 aromatic carbocycles. The number of aryl methyl sites for hydroxylation is 1. The van der Waals surface area contributed by atoms with Gasteiger partial charge in [0.05, 0.1) is 6.10 Å². The normalized spacial score (nSPS) is 13.6. The van der Waals surface area contributed by atoms with E-state index in [-0.39, 0.29) is 12.2 Å². The Balaban J connectivity index is 1.88. The second-order valence-corrected chi connectivity index (χ2v) is 5.11. The van der Waals surface area contributed by atoms with Gasteiger partial charge < -0.3 is 15.4 Å². The molecule has 1 aromatic rings. The summed E-state index contributed by atoms with van der Waals surface area (Å²) in [4.78, 5) is 11.4. The number of nitrogens with one attached hydrogen (secondary N) is 2. The largest absolute Gasteiger partial charge is 0.447 e. The summed E-state index contributed by atoms with van der Waals surface area (Å²) in [5.74, 6) is 0. The van der Waals surface area contributed by atoms with Gasteiger partial charge in [-0.3, -0.25) is 0 Å². The molecule has 2 rings (SSSR count). The SMILES string of the molecule is CC(C)OC(=O)NCCc1cccc2c1NCCC2. The quantitative estimate of drug-likeness (QED) is 0.877. The topological polar surface area (TPSA) is 50.4 Å². The Morgan fingerprint density at radius 3 is 3.11 bits per heavy atom. The molecule has 19 heavy (non-hydrogen) atoms. The molecule has 1 heterocycles. The van der Waals surface area contributed by atoms with Crippen LogP contribution in [-0.2, 0) is 17.6 Å². The fourth-order valence-corrected chi connectivity index (χ4v) is 2.34. The van der Waals surface area contributed by atoms with Gasteiger partial charge in [-0.1, -0.05) is 18.2 Å². The minimum absolute atomic E-state index is 0.0776. The number of rotatable bonds is 4. The molecule has 0 atom stereocenters. The zero-order valence-corrected chi connectivity index (χ0v) is 11.7. The number of benzene rings is 1. The Morgan fingerprint density at radius 2 is 2.32 bits per heavy atom. The van der Waals surface area contributed by atoms with Crippen LogP contribution in [0, 0.1) is 0 Å². The van der Waals surface area contributed by atoms with Crippen LogP contribution in [0.15, 0.2) is 18.2 Å². The molecule has 4 heteroatoms. The molecule has 1 aliphatic heterocycles. The lowest BCUT2D eigenvalue weighted by atomic mass is 9.98. The second kappa shape index (κ2) is 6.45. The maximum Gasteiger partial charge on any atom is 0.407 e. The van der Waals surface area contributed by atoms with E-state index >= 15 is 0 Å². The molecule has 1 amide bonds. The second-order valence-electron chi connectivity index (χ2n) is 5.11. The summed E-state index contributed by atoms with van der Waals surface area (Å²) in [5, 5.41) is 6.24. The van der Waals surface area contributed by atoms with Crippen molar-refractivity contribution in [2.24, 2.45) is 0 Å². The van der Waals surface area contributed by atoms with Gasteiger partial charge in [-0.2, -0.15) is 0 Å². The number of ether oxygens (including phenoxy) is 1. The average Bonchev–Trinajstić information content (AvgIpc) is 2.38. The zero-order chi connectivity index (χ0) is 13.7. The third kappa shape index (κ3) is 3.88. The summed E-state index contributed by atoms with van der Waals surface area (Å²) in [6, 6.07) is 6.38. The summed E-state index contributed by atoms with van der Waals surface area (Å²) in [6.45, 7) is 5.32. The van der Waals surface area contributed by atoms with Crippen LogP contribution in [-0.4, -0.2) is 25.3 Å². The van der Waals surface area contributed by atoms with Gasteiger partial charge in [0.25, 0.3) is 0 Å². The van der Waals surface area contributed by atoms with Crippen molar-refractivity contribution >= 4 is 11.8 Å². The minimum atomic E-state index is -0.340. The predicted octanol–water partition coefficient (Wildman–Crippen LogP) is 2.72. The fraction of sp³-hybridized carbons (Fsp3) is 0.533. The van der Waals surface area contributed by atoms with E-state index in [1.165, 1.54) is 23.2 Å². The van der Waals surface area contributed by atoms with Crippen LogP contribution in [0.2, 0.25) is 0 Å². The summed E-state index contributed by atoms with van der Waals surface area (Å²) in [7, 11) is 0. The molecule has 0 spiro atoms. The van der Waals surface area contributed by atoms with E-state index < -0.39 is 0 Å². The van der Waals surface area contributed by atoms with Crippen LogP contribution < -0.4 is 10.6 Å². The van der Waals surface area contributed by atoms with Gasteiger partial charge in [0.15, 0.2) is 0 Å². The van der Waals surface area contributed by atoms with E-state index in [1.807, 2.05) is 13.8 Å². The maximum atomic E-state index is 11.4. The number of hydrogen-bond acceptors (Lipinski definition) is 3. The number of anilines is 1. The van der Waals surface area contributed by atoms with E-state index in [0.717, 1.165) is 19.4 Å². The van der Waals surface area contributed by atoms with Gasteiger partial charge in [0.1, 0.15) is 0 Å². The summed E-state index contributed by atoms with van der Waals surface area (Å²) >= 11 is 0. The molecule has 0 bridgehead atoms. The number of carbonyl (C=O) groups is 1. The third-order valence-corrected chi connectivity index (χ3v) is 3.17. The van der Waals surface area contributed by atoms with E-state index in [4.69, 9.17) is 4.74 Å². The molecule has 0 aromatic heterocycles. The lowest BCUT2D eigenvalue weighted by Gasteiger charge is -2.21. The first kappa shape index (κ1) is 13.7. The number of alkyl carbamates (subject to hydrolysis) is 1. The molecule has 0 radical (unpaired) electrons. The summed E-state index contributed by atoms with van der Waals surface area (Å²) < 4.78 is 5.04. The van der Waals surface area contributed by atoms with Crippen LogP contribution >= 0.6 is 0 Å². The third-order valence-electron chi connectivity index (χ3n) is 3.17. The first-order valence-electron chi connectivity index (χ1n) is 6.96. The van der Waals surface area contributed by atoms with E-state index in [9.17, 15) is 4.79 Å². The Morgan fingerprint density at radius 1 is 1.47 bits per heavy atom. The van der Waals surface area contributed by atoms with Gasteiger partial charge in [0.2, 0.25) is 0 Å². The van der Waals surface area contributed by atoms with Crippen molar-refractivity contribution in [3.05, 3.63) is 29.3 Å². The molecule has 0 aliphatic carbocycles. The van der Waals surface area contributed by atoms with Crippen LogP contribution in [0.3, 0.4) is 0 Å². The lowest BCUT2D eigenvalue weighted by molar-refractivity contribution is 0.116. The Kier molecular flexibility index (Phi) is 4.66. The molecular weight excluding hydrogens is 240 g/mol. The smallest absolute Gasteiger partial charge is 0.407 e. The molecule has 4 nitrogen and oxygen atoms in total. The summed E-state index contributed by atoms with van der Waals surface area (Å²) in [6.07, 6.45) is 2.73. The highest BCUT2D eigenvalue weighted by atomic mass is 16.6. The highest BCUT2D eigenvalue weighted by molar-refractivity contribution is 5.67. The monoisotopic (exact) mass is 262 g/mol. The predicted molar refractivity (Wildman–Crippen MR) is 76.6 cm³/mol. The van der Waals surface area contributed by atoms with Gasteiger partial charge in [-0.25, -0.2) is 4.79 Å². The van der Waals surface area contributed by atoms with Gasteiger partial charge in [-0.05, 0) is 44.2 Å². The van der Waals surface area contributed by atoms with E-state index in [0.29, 0.717) is 6.54 Å². The molecular formula is C15H22N2O2. The van der Waals surface area contributed by atoms with Crippen molar-refractivity contribution in [1.82, 2.24) is 5.32 Å². The molecule has 1 aliphatic rings. The Hall–Kier alpha value is -1.71. The van der Waals surface area contributed by atoms with E-state index in [2.05, 4.69) is 28.8 Å². The lowest BCUT2D eigenvalue weighted by Crippen LogP contribution is -2.29. The molecule has 0 fully saturated rings. The zero-order valence-electron chi connectivity index (χ0n) is 11.7. The van der Waals surface area contributed by atoms with Crippen LogP contribution in [0.25, 0.3) is 0 Å². The van der Waals surface area contributed by atoms with Crippen molar-refractivity contribution in [3.63, 3.8) is 0 Å².